The van der Waals surface area contributed by atoms with Crippen LogP contribution in [-0.2, 0) is 28.8 Å². The van der Waals surface area contributed by atoms with Crippen molar-refractivity contribution in [2.24, 2.45) is 0 Å². The van der Waals surface area contributed by atoms with Crippen LogP contribution >= 0.6 is 47.8 Å². The second-order valence-electron chi connectivity index (χ2n) is 9.15. The van der Waals surface area contributed by atoms with Gasteiger partial charge in [-0.1, -0.05) is 47.8 Å². The highest BCUT2D eigenvalue weighted by atomic mass is 79.9. The molecule has 0 spiro atoms. The summed E-state index contributed by atoms with van der Waals surface area (Å²) < 4.78 is 32.4. The minimum absolute atomic E-state index is 0.0698. The second kappa shape index (κ2) is 9.47. The first-order chi connectivity index (χ1) is 20.0. The molecule has 0 N–H and O–H groups in total. The van der Waals surface area contributed by atoms with Crippen LogP contribution in [0.4, 0.5) is 0 Å². The summed E-state index contributed by atoms with van der Waals surface area (Å²) in [5.74, 6) is -5.81. The van der Waals surface area contributed by atoms with E-state index >= 15 is 0 Å². The van der Waals surface area contributed by atoms with Crippen molar-refractivity contribution in [3.05, 3.63) is 36.4 Å². The van der Waals surface area contributed by atoms with Crippen LogP contribution in [0.15, 0.2) is 36.4 Å². The Balaban J connectivity index is 1.59. The molecule has 0 aliphatic carbocycles. The molecule has 0 saturated heterocycles. The number of hydrogen-bond donors (Lipinski definition) is 0. The van der Waals surface area contributed by atoms with Crippen molar-refractivity contribution < 1.29 is 57.2 Å². The van der Waals surface area contributed by atoms with E-state index in [2.05, 4.69) is 47.8 Å². The average molecular weight is 765 g/mol. The smallest absolute Gasteiger partial charge is 0.336 e. The van der Waals surface area contributed by atoms with Gasteiger partial charge in [-0.25, -0.2) is 28.8 Å². The Morgan fingerprint density at radius 1 is 0.333 bits per heavy atom. The quantitative estimate of drug-likeness (QED) is 0.0838. The zero-order chi connectivity index (χ0) is 29.6. The van der Waals surface area contributed by atoms with Gasteiger partial charge >= 0.3 is 35.8 Å². The Bertz CT molecular complexity index is 1620. The number of alkyl halides is 3. The lowest BCUT2D eigenvalue weighted by atomic mass is 9.93. The maximum atomic E-state index is 12.4. The molecule has 0 bridgehead atoms. The molecule has 0 radical (unpaired) electrons. The van der Waals surface area contributed by atoms with Gasteiger partial charge in [0.2, 0.25) is 14.5 Å². The minimum atomic E-state index is -1.37. The summed E-state index contributed by atoms with van der Waals surface area (Å²) in [4.78, 5) is 70.5. The zero-order valence-electron chi connectivity index (χ0n) is 20.2. The molecule has 4 aromatic rings. The Morgan fingerprint density at radius 2 is 0.476 bits per heavy atom. The lowest BCUT2D eigenvalue weighted by Crippen LogP contribution is -2.28. The standard InChI is InChI=1S/C27H9Br3O12/c28-19-22(31)37-13-1-7-8(2-14(13)38-23(19)32)10-4-17-18(42-27(36)21(30)26(35)41-17)6-12(10)11-5-16-15(3-9(7)11)39-24(33)20(29)25(34)40-16/h1-6,19-21H. The summed E-state index contributed by atoms with van der Waals surface area (Å²) in [7, 11) is 0. The summed E-state index contributed by atoms with van der Waals surface area (Å²) in [5.41, 5.74) is 0. The predicted octanol–water partition coefficient (Wildman–Crippen LogP) is 3.91. The highest BCUT2D eigenvalue weighted by molar-refractivity contribution is 9.10. The van der Waals surface area contributed by atoms with Crippen LogP contribution in [0, 0.1) is 0 Å². The molecule has 0 unspecified atom stereocenters. The van der Waals surface area contributed by atoms with Gasteiger partial charge in [-0.15, -0.1) is 0 Å². The third-order valence-corrected chi connectivity index (χ3v) is 8.87. The van der Waals surface area contributed by atoms with Gasteiger partial charge in [0.05, 0.1) is 0 Å². The summed E-state index contributed by atoms with van der Waals surface area (Å²) in [6, 6.07) is 8.74. The van der Waals surface area contributed by atoms with Gasteiger partial charge in [0.15, 0.2) is 34.5 Å². The molecule has 0 fully saturated rings. The zero-order valence-corrected chi connectivity index (χ0v) is 25.0. The number of halogens is 3. The van der Waals surface area contributed by atoms with E-state index in [4.69, 9.17) is 28.4 Å². The number of esters is 6. The van der Waals surface area contributed by atoms with Crippen molar-refractivity contribution in [3.63, 3.8) is 0 Å². The molecule has 42 heavy (non-hydrogen) atoms. The van der Waals surface area contributed by atoms with Gasteiger partial charge in [0.25, 0.3) is 0 Å². The SMILES string of the molecule is O=C1Oc2cc3c4cc5c(cc4c4cc6c(cc4c3cc2OC(=O)C1Br)OC(=O)C(Br)C(=O)O6)OC(=O)C(Br)C(=O)O5. The minimum Gasteiger partial charge on any atom is -0.421 e. The van der Waals surface area contributed by atoms with Crippen LogP contribution in [0.1, 0.15) is 0 Å². The molecule has 4 aromatic carbocycles. The highest BCUT2D eigenvalue weighted by Gasteiger charge is 2.36. The lowest BCUT2D eigenvalue weighted by molar-refractivity contribution is -0.142. The number of benzene rings is 4. The molecular formula is C27H9Br3O12. The van der Waals surface area contributed by atoms with Gasteiger partial charge < -0.3 is 28.4 Å². The first kappa shape index (κ1) is 26.8. The predicted molar refractivity (Wildman–Crippen MR) is 151 cm³/mol. The number of rotatable bonds is 0. The Labute approximate surface area is 257 Å². The summed E-state index contributed by atoms with van der Waals surface area (Å²) in [5, 5.41) is 2.55. The van der Waals surface area contributed by atoms with E-state index in [1.807, 2.05) is 0 Å². The Morgan fingerprint density at radius 3 is 0.619 bits per heavy atom. The Kier molecular flexibility index (Phi) is 6.04. The summed E-state index contributed by atoms with van der Waals surface area (Å²) >= 11 is 8.86. The number of hydrogen-bond acceptors (Lipinski definition) is 12. The van der Waals surface area contributed by atoms with E-state index in [0.717, 1.165) is 0 Å². The molecule has 3 aliphatic heterocycles. The van der Waals surface area contributed by atoms with Gasteiger partial charge in [0.1, 0.15) is 0 Å². The van der Waals surface area contributed by atoms with Crippen molar-refractivity contribution in [1.29, 1.82) is 0 Å². The molecular weight excluding hydrogens is 756 g/mol. The van der Waals surface area contributed by atoms with E-state index in [-0.39, 0.29) is 34.5 Å². The van der Waals surface area contributed by atoms with E-state index in [0.29, 0.717) is 32.3 Å². The Hall–Kier alpha value is -4.08. The normalized spacial score (nSPS) is 21.9. The van der Waals surface area contributed by atoms with Crippen molar-refractivity contribution in [2.75, 3.05) is 0 Å². The molecule has 3 aliphatic rings. The van der Waals surface area contributed by atoms with Crippen LogP contribution < -0.4 is 28.4 Å². The van der Waals surface area contributed by atoms with Gasteiger partial charge in [-0.3, -0.25) is 0 Å². The van der Waals surface area contributed by atoms with E-state index in [1.165, 1.54) is 36.4 Å². The summed E-state index contributed by atoms with van der Waals surface area (Å²) in [6.07, 6.45) is 0. The molecule has 0 atom stereocenters. The van der Waals surface area contributed by atoms with Crippen molar-refractivity contribution in [1.82, 2.24) is 0 Å². The fourth-order valence-electron chi connectivity index (χ4n) is 4.74. The number of carbonyl (C=O) groups excluding carboxylic acids is 6. The topological polar surface area (TPSA) is 158 Å². The van der Waals surface area contributed by atoms with Gasteiger partial charge in [-0.05, 0) is 68.7 Å². The van der Waals surface area contributed by atoms with E-state index < -0.39 is 50.3 Å². The van der Waals surface area contributed by atoms with Crippen molar-refractivity contribution >= 4 is 116 Å². The third-order valence-electron chi connectivity index (χ3n) is 6.63. The maximum absolute atomic E-state index is 12.4. The number of carbonyl (C=O) groups is 6. The van der Waals surface area contributed by atoms with Crippen LogP contribution in [0.3, 0.4) is 0 Å². The van der Waals surface area contributed by atoms with Crippen LogP contribution in [0.2, 0.25) is 0 Å². The first-order valence-corrected chi connectivity index (χ1v) is 14.5. The monoisotopic (exact) mass is 762 g/mol. The number of fused-ring (bicyclic) bond motifs is 9. The van der Waals surface area contributed by atoms with E-state index in [9.17, 15) is 28.8 Å². The van der Waals surface area contributed by atoms with E-state index in [1.54, 1.807) is 0 Å². The molecule has 15 heteroatoms. The summed E-state index contributed by atoms with van der Waals surface area (Å²) in [6.45, 7) is 0. The number of ether oxygens (including phenoxy) is 6. The van der Waals surface area contributed by atoms with Crippen LogP contribution in [0.5, 0.6) is 34.5 Å². The van der Waals surface area contributed by atoms with Crippen LogP contribution in [0.25, 0.3) is 32.3 Å². The molecule has 0 amide bonds. The van der Waals surface area contributed by atoms with Gasteiger partial charge in [0, 0.05) is 0 Å². The third kappa shape index (κ3) is 4.06. The molecule has 3 heterocycles. The molecule has 0 saturated carbocycles. The average Bonchev–Trinajstić information content (AvgIpc) is 3.19. The second-order valence-corrected chi connectivity index (χ2v) is 11.9. The largest absolute Gasteiger partial charge is 0.421 e. The molecule has 7 rings (SSSR count). The lowest BCUT2D eigenvalue weighted by Gasteiger charge is -2.16. The fraction of sp³-hybridized carbons (Fsp3) is 0.111. The van der Waals surface area contributed by atoms with Gasteiger partial charge in [-0.2, -0.15) is 0 Å². The maximum Gasteiger partial charge on any atom is 0.336 e. The fourth-order valence-corrected chi connectivity index (χ4v) is 5.31. The molecule has 210 valence electrons. The molecule has 0 aromatic heterocycles. The van der Waals surface area contributed by atoms with Crippen molar-refractivity contribution in [3.8, 4) is 34.5 Å². The van der Waals surface area contributed by atoms with Crippen molar-refractivity contribution in [2.45, 2.75) is 14.5 Å². The highest BCUT2D eigenvalue weighted by Crippen LogP contribution is 2.48. The van der Waals surface area contributed by atoms with Crippen LogP contribution in [-0.4, -0.2) is 50.3 Å². The molecule has 12 nitrogen and oxygen atoms in total. The first-order valence-electron chi connectivity index (χ1n) is 11.8.